The van der Waals surface area contributed by atoms with Crippen molar-refractivity contribution in [3.05, 3.63) is 95.3 Å². The van der Waals surface area contributed by atoms with Crippen LogP contribution in [0.4, 0.5) is 0 Å². The van der Waals surface area contributed by atoms with Gasteiger partial charge in [-0.05, 0) is 23.3 Å². The molecule has 4 aromatic rings. The first-order chi connectivity index (χ1) is 12.7. The predicted molar refractivity (Wildman–Crippen MR) is 103 cm³/mol. The molecule has 0 aliphatic heterocycles. The normalized spacial score (nSPS) is 10.6. The first-order valence-corrected chi connectivity index (χ1v) is 8.26. The van der Waals surface area contributed by atoms with Gasteiger partial charge in [-0.2, -0.15) is 0 Å². The van der Waals surface area contributed by atoms with Gasteiger partial charge in [-0.15, -0.1) is 0 Å². The molecule has 1 heterocycles. The standard InChI is InChI=1S/C22H16N2O2/c25-19-12-10-16(11-13-19)15-6-8-18(9-7-15)22-23-20(14-21(26)24-22)17-4-2-1-3-5-17/h1-14,25H,(H,23,24,26). The Labute approximate surface area is 150 Å². The molecule has 4 rings (SSSR count). The molecule has 0 amide bonds. The number of aromatic hydroxyl groups is 1. The van der Waals surface area contributed by atoms with Gasteiger partial charge in [0.05, 0.1) is 5.69 Å². The molecule has 0 saturated carbocycles. The van der Waals surface area contributed by atoms with Crippen molar-refractivity contribution in [2.24, 2.45) is 0 Å². The molecule has 0 spiro atoms. The van der Waals surface area contributed by atoms with Crippen LogP contribution in [-0.4, -0.2) is 15.1 Å². The van der Waals surface area contributed by atoms with Gasteiger partial charge in [-0.25, -0.2) is 4.98 Å². The fourth-order valence-electron chi connectivity index (χ4n) is 2.83. The second-order valence-corrected chi connectivity index (χ2v) is 5.97. The van der Waals surface area contributed by atoms with Crippen molar-refractivity contribution < 1.29 is 5.11 Å². The molecule has 126 valence electrons. The van der Waals surface area contributed by atoms with Crippen LogP contribution in [-0.2, 0) is 0 Å². The van der Waals surface area contributed by atoms with E-state index in [2.05, 4.69) is 9.97 Å². The first-order valence-electron chi connectivity index (χ1n) is 8.26. The number of phenols is 1. The number of hydrogen-bond acceptors (Lipinski definition) is 3. The van der Waals surface area contributed by atoms with Gasteiger partial charge < -0.3 is 10.1 Å². The van der Waals surface area contributed by atoms with Crippen molar-refractivity contribution in [2.45, 2.75) is 0 Å². The summed E-state index contributed by atoms with van der Waals surface area (Å²) in [6, 6.07) is 26.0. The smallest absolute Gasteiger partial charge is 0.251 e. The lowest BCUT2D eigenvalue weighted by Gasteiger charge is -2.07. The highest BCUT2D eigenvalue weighted by Gasteiger charge is 2.07. The number of H-pyrrole nitrogens is 1. The number of nitrogens with zero attached hydrogens (tertiary/aromatic N) is 1. The Bertz CT molecular complexity index is 1080. The molecular formula is C22H16N2O2. The van der Waals surface area contributed by atoms with Gasteiger partial charge in [-0.1, -0.05) is 66.7 Å². The van der Waals surface area contributed by atoms with E-state index in [1.165, 1.54) is 6.07 Å². The third-order valence-electron chi connectivity index (χ3n) is 4.17. The van der Waals surface area contributed by atoms with Gasteiger partial charge >= 0.3 is 0 Å². The summed E-state index contributed by atoms with van der Waals surface area (Å²) < 4.78 is 0. The van der Waals surface area contributed by atoms with Gasteiger partial charge in [0, 0.05) is 17.2 Å². The highest BCUT2D eigenvalue weighted by atomic mass is 16.3. The fourth-order valence-corrected chi connectivity index (χ4v) is 2.83. The molecule has 4 heteroatoms. The highest BCUT2D eigenvalue weighted by Crippen LogP contribution is 2.25. The van der Waals surface area contributed by atoms with E-state index >= 15 is 0 Å². The molecule has 0 bridgehead atoms. The summed E-state index contributed by atoms with van der Waals surface area (Å²) in [5.41, 5.74) is 4.23. The zero-order valence-electron chi connectivity index (χ0n) is 13.9. The van der Waals surface area contributed by atoms with E-state index in [0.29, 0.717) is 11.5 Å². The van der Waals surface area contributed by atoms with Crippen LogP contribution in [0.3, 0.4) is 0 Å². The van der Waals surface area contributed by atoms with Crippen molar-refractivity contribution in [1.82, 2.24) is 9.97 Å². The molecule has 4 nitrogen and oxygen atoms in total. The molecule has 0 unspecified atom stereocenters. The summed E-state index contributed by atoms with van der Waals surface area (Å²) in [5, 5.41) is 9.40. The van der Waals surface area contributed by atoms with E-state index in [1.54, 1.807) is 12.1 Å². The predicted octanol–water partition coefficient (Wildman–Crippen LogP) is 4.48. The van der Waals surface area contributed by atoms with Crippen LogP contribution in [0.25, 0.3) is 33.8 Å². The molecule has 1 aromatic heterocycles. The molecular weight excluding hydrogens is 324 g/mol. The van der Waals surface area contributed by atoms with E-state index in [-0.39, 0.29) is 11.3 Å². The summed E-state index contributed by atoms with van der Waals surface area (Å²) in [5.74, 6) is 0.776. The Hall–Kier alpha value is -3.66. The van der Waals surface area contributed by atoms with Gasteiger partial charge in [0.15, 0.2) is 0 Å². The molecule has 0 saturated heterocycles. The van der Waals surface area contributed by atoms with Crippen LogP contribution < -0.4 is 5.56 Å². The van der Waals surface area contributed by atoms with Gasteiger partial charge in [0.2, 0.25) is 0 Å². The van der Waals surface area contributed by atoms with Crippen molar-refractivity contribution >= 4 is 0 Å². The minimum absolute atomic E-state index is 0.184. The maximum atomic E-state index is 12.1. The lowest BCUT2D eigenvalue weighted by atomic mass is 10.0. The summed E-state index contributed by atoms with van der Waals surface area (Å²) in [7, 11) is 0. The SMILES string of the molecule is O=c1cc(-c2ccccc2)nc(-c2ccc(-c3ccc(O)cc3)cc2)[nH]1. The van der Waals surface area contributed by atoms with Crippen LogP contribution in [0.15, 0.2) is 89.7 Å². The number of phenolic OH excluding ortho intramolecular Hbond substituents is 1. The van der Waals surface area contributed by atoms with Crippen molar-refractivity contribution in [3.63, 3.8) is 0 Å². The topological polar surface area (TPSA) is 66.0 Å². The van der Waals surface area contributed by atoms with Crippen molar-refractivity contribution in [1.29, 1.82) is 0 Å². The Balaban J connectivity index is 1.71. The molecule has 0 fully saturated rings. The first kappa shape index (κ1) is 15.8. The van der Waals surface area contributed by atoms with Gasteiger partial charge in [0.25, 0.3) is 5.56 Å². The molecule has 26 heavy (non-hydrogen) atoms. The van der Waals surface area contributed by atoms with Crippen LogP contribution >= 0.6 is 0 Å². The number of nitrogens with one attached hydrogen (secondary N) is 1. The summed E-state index contributed by atoms with van der Waals surface area (Å²) in [6.45, 7) is 0. The van der Waals surface area contributed by atoms with Crippen molar-refractivity contribution in [2.75, 3.05) is 0 Å². The highest BCUT2D eigenvalue weighted by molar-refractivity contribution is 5.69. The van der Waals surface area contributed by atoms with Gasteiger partial charge in [-0.3, -0.25) is 4.79 Å². The van der Waals surface area contributed by atoms with E-state index < -0.39 is 0 Å². The van der Waals surface area contributed by atoms with E-state index in [4.69, 9.17) is 0 Å². The fraction of sp³-hybridized carbons (Fsp3) is 0. The third-order valence-corrected chi connectivity index (χ3v) is 4.17. The molecule has 0 atom stereocenters. The van der Waals surface area contributed by atoms with Crippen LogP contribution in [0, 0.1) is 0 Å². The molecule has 0 aliphatic carbocycles. The zero-order valence-corrected chi connectivity index (χ0v) is 13.9. The summed E-state index contributed by atoms with van der Waals surface area (Å²) in [6.07, 6.45) is 0. The maximum Gasteiger partial charge on any atom is 0.251 e. The van der Waals surface area contributed by atoms with E-state index in [1.807, 2.05) is 66.7 Å². The van der Waals surface area contributed by atoms with Gasteiger partial charge in [0.1, 0.15) is 11.6 Å². The number of rotatable bonds is 3. The maximum absolute atomic E-state index is 12.1. The number of aromatic amines is 1. The second-order valence-electron chi connectivity index (χ2n) is 5.97. The lowest BCUT2D eigenvalue weighted by Crippen LogP contribution is -2.08. The summed E-state index contributed by atoms with van der Waals surface area (Å²) >= 11 is 0. The largest absolute Gasteiger partial charge is 0.508 e. The summed E-state index contributed by atoms with van der Waals surface area (Å²) in [4.78, 5) is 19.5. The third kappa shape index (κ3) is 3.26. The Morgan fingerprint density at radius 1 is 0.692 bits per heavy atom. The number of aromatic nitrogens is 2. The average Bonchev–Trinajstić information content (AvgIpc) is 2.69. The molecule has 3 aromatic carbocycles. The minimum Gasteiger partial charge on any atom is -0.508 e. The van der Waals surface area contributed by atoms with Crippen molar-refractivity contribution in [3.8, 4) is 39.5 Å². The average molecular weight is 340 g/mol. The Kier molecular flexibility index (Phi) is 4.07. The zero-order chi connectivity index (χ0) is 17.9. The molecule has 0 aliphatic rings. The Morgan fingerprint density at radius 3 is 1.92 bits per heavy atom. The number of benzene rings is 3. The van der Waals surface area contributed by atoms with E-state index in [9.17, 15) is 9.90 Å². The van der Waals surface area contributed by atoms with Crippen LogP contribution in [0.2, 0.25) is 0 Å². The quantitative estimate of drug-likeness (QED) is 0.578. The van der Waals surface area contributed by atoms with E-state index in [0.717, 1.165) is 22.3 Å². The van der Waals surface area contributed by atoms with Crippen LogP contribution in [0.5, 0.6) is 5.75 Å². The minimum atomic E-state index is -0.184. The Morgan fingerprint density at radius 2 is 1.27 bits per heavy atom. The molecule has 0 radical (unpaired) electrons. The molecule has 2 N–H and O–H groups in total. The second kappa shape index (κ2) is 6.69. The monoisotopic (exact) mass is 340 g/mol. The lowest BCUT2D eigenvalue weighted by molar-refractivity contribution is 0.475. The number of hydrogen-bond donors (Lipinski definition) is 2. The van der Waals surface area contributed by atoms with Crippen LogP contribution in [0.1, 0.15) is 0 Å².